The Kier molecular flexibility index (Phi) is 3.30. The van der Waals surface area contributed by atoms with Gasteiger partial charge in [0.2, 0.25) is 0 Å². The van der Waals surface area contributed by atoms with Crippen molar-refractivity contribution in [1.82, 2.24) is 5.32 Å². The van der Waals surface area contributed by atoms with Gasteiger partial charge < -0.3 is 5.32 Å². The highest BCUT2D eigenvalue weighted by molar-refractivity contribution is 7.07. The summed E-state index contributed by atoms with van der Waals surface area (Å²) in [5, 5.41) is 8.14. The Labute approximate surface area is 102 Å². The first-order chi connectivity index (χ1) is 7.93. The molecule has 0 spiro atoms. The summed E-state index contributed by atoms with van der Waals surface area (Å²) in [6, 6.07) is 3.07. The Morgan fingerprint density at radius 1 is 1.25 bits per heavy atom. The van der Waals surface area contributed by atoms with E-state index in [2.05, 4.69) is 22.1 Å². The molecule has 88 valence electrons. The van der Waals surface area contributed by atoms with Crippen LogP contribution in [0.25, 0.3) is 0 Å². The van der Waals surface area contributed by atoms with E-state index in [4.69, 9.17) is 0 Å². The fourth-order valence-corrected chi connectivity index (χ4v) is 3.84. The molecule has 2 atom stereocenters. The van der Waals surface area contributed by atoms with E-state index in [0.29, 0.717) is 0 Å². The molecule has 2 saturated carbocycles. The van der Waals surface area contributed by atoms with Crippen molar-refractivity contribution in [1.29, 1.82) is 0 Å². The summed E-state index contributed by atoms with van der Waals surface area (Å²) in [4.78, 5) is 0. The molecular weight excluding hydrogens is 214 g/mol. The molecule has 0 bridgehead atoms. The lowest BCUT2D eigenvalue weighted by Gasteiger charge is -2.21. The molecule has 1 aromatic heterocycles. The van der Waals surface area contributed by atoms with Gasteiger partial charge in [0.1, 0.15) is 0 Å². The second-order valence-electron chi connectivity index (χ2n) is 5.42. The average molecular weight is 235 g/mol. The zero-order valence-corrected chi connectivity index (χ0v) is 10.6. The maximum Gasteiger partial charge on any atom is 0.0216 e. The van der Waals surface area contributed by atoms with Crippen LogP contribution in [0, 0.1) is 11.8 Å². The zero-order valence-electron chi connectivity index (χ0n) is 9.82. The van der Waals surface area contributed by atoms with Crippen LogP contribution in [0.2, 0.25) is 0 Å². The molecule has 1 aromatic rings. The first-order valence-electron chi connectivity index (χ1n) is 6.68. The van der Waals surface area contributed by atoms with Gasteiger partial charge in [-0.15, -0.1) is 0 Å². The fraction of sp³-hybridized carbons (Fsp3) is 0.714. The van der Waals surface area contributed by atoms with Gasteiger partial charge in [-0.2, -0.15) is 11.3 Å². The number of hydrogen-bond acceptors (Lipinski definition) is 2. The molecule has 3 rings (SSSR count). The fourth-order valence-electron chi connectivity index (χ4n) is 3.17. The number of nitrogens with one attached hydrogen (secondary N) is 1. The number of thiophene rings is 1. The maximum atomic E-state index is 3.71. The molecule has 0 amide bonds. The maximum absolute atomic E-state index is 3.71. The largest absolute Gasteiger partial charge is 0.310 e. The average Bonchev–Trinajstić information content (AvgIpc) is 2.93. The van der Waals surface area contributed by atoms with Crippen molar-refractivity contribution in [2.24, 2.45) is 11.8 Å². The van der Waals surface area contributed by atoms with E-state index < -0.39 is 0 Å². The molecule has 2 unspecified atom stereocenters. The molecule has 2 fully saturated rings. The van der Waals surface area contributed by atoms with Crippen LogP contribution in [0.1, 0.15) is 44.1 Å². The summed E-state index contributed by atoms with van der Waals surface area (Å²) < 4.78 is 0. The molecule has 1 heterocycles. The second-order valence-corrected chi connectivity index (χ2v) is 6.20. The zero-order chi connectivity index (χ0) is 10.8. The second kappa shape index (κ2) is 4.89. The van der Waals surface area contributed by atoms with Gasteiger partial charge in [0.05, 0.1) is 0 Å². The molecule has 1 nitrogen and oxygen atoms in total. The smallest absolute Gasteiger partial charge is 0.0216 e. The Morgan fingerprint density at radius 3 is 2.88 bits per heavy atom. The predicted molar refractivity (Wildman–Crippen MR) is 69.6 cm³/mol. The van der Waals surface area contributed by atoms with Gasteiger partial charge in [0.15, 0.2) is 0 Å². The molecule has 2 aliphatic rings. The summed E-state index contributed by atoms with van der Waals surface area (Å²) in [6.45, 7) is 1.08. The molecule has 1 N–H and O–H groups in total. The van der Waals surface area contributed by atoms with Gasteiger partial charge in [0, 0.05) is 12.6 Å². The highest BCUT2D eigenvalue weighted by atomic mass is 32.1. The first kappa shape index (κ1) is 10.8. The third-order valence-electron chi connectivity index (χ3n) is 4.24. The van der Waals surface area contributed by atoms with Gasteiger partial charge in [-0.3, -0.25) is 0 Å². The van der Waals surface area contributed by atoms with Crippen molar-refractivity contribution in [2.75, 3.05) is 0 Å². The van der Waals surface area contributed by atoms with Gasteiger partial charge in [0.25, 0.3) is 0 Å². The molecular formula is C14H21NS. The van der Waals surface area contributed by atoms with Crippen LogP contribution < -0.4 is 5.32 Å². The Bertz CT molecular complexity index is 313. The van der Waals surface area contributed by atoms with Crippen LogP contribution in [0.5, 0.6) is 0 Å². The SMILES string of the molecule is c1cc(CNC2CC2C2CCCCC2)cs1. The van der Waals surface area contributed by atoms with E-state index in [-0.39, 0.29) is 0 Å². The van der Waals surface area contributed by atoms with E-state index in [1.165, 1.54) is 44.1 Å². The monoisotopic (exact) mass is 235 g/mol. The topological polar surface area (TPSA) is 12.0 Å². The van der Waals surface area contributed by atoms with Crippen LogP contribution in [0.4, 0.5) is 0 Å². The normalized spacial score (nSPS) is 30.5. The van der Waals surface area contributed by atoms with Crippen molar-refractivity contribution >= 4 is 11.3 Å². The molecule has 16 heavy (non-hydrogen) atoms. The van der Waals surface area contributed by atoms with Gasteiger partial charge in [-0.1, -0.05) is 32.1 Å². The predicted octanol–water partition coefficient (Wildman–Crippen LogP) is 3.81. The van der Waals surface area contributed by atoms with Crippen LogP contribution in [0.3, 0.4) is 0 Å². The van der Waals surface area contributed by atoms with E-state index >= 15 is 0 Å². The molecule has 0 aliphatic heterocycles. The lowest BCUT2D eigenvalue weighted by Crippen LogP contribution is -2.20. The third kappa shape index (κ3) is 2.49. The lowest BCUT2D eigenvalue weighted by atomic mass is 9.85. The van der Waals surface area contributed by atoms with Crippen LogP contribution in [-0.2, 0) is 6.54 Å². The summed E-state index contributed by atoms with van der Waals surface area (Å²) in [5.41, 5.74) is 1.46. The Hall–Kier alpha value is -0.340. The molecule has 2 aliphatic carbocycles. The van der Waals surface area contributed by atoms with Crippen molar-refractivity contribution in [3.8, 4) is 0 Å². The highest BCUT2D eigenvalue weighted by Crippen LogP contribution is 2.44. The Morgan fingerprint density at radius 2 is 2.12 bits per heavy atom. The summed E-state index contributed by atoms with van der Waals surface area (Å²) in [5.74, 6) is 2.06. The molecule has 0 saturated heterocycles. The van der Waals surface area contributed by atoms with Gasteiger partial charge in [-0.05, 0) is 40.6 Å². The van der Waals surface area contributed by atoms with Crippen molar-refractivity contribution in [3.05, 3.63) is 22.4 Å². The summed E-state index contributed by atoms with van der Waals surface area (Å²) in [6.07, 6.45) is 8.89. The molecule has 0 aromatic carbocycles. The van der Waals surface area contributed by atoms with Crippen molar-refractivity contribution in [3.63, 3.8) is 0 Å². The summed E-state index contributed by atoms with van der Waals surface area (Å²) in [7, 11) is 0. The minimum Gasteiger partial charge on any atom is -0.310 e. The van der Waals surface area contributed by atoms with Crippen LogP contribution in [0.15, 0.2) is 16.8 Å². The van der Waals surface area contributed by atoms with Crippen molar-refractivity contribution in [2.45, 2.75) is 51.1 Å². The van der Waals surface area contributed by atoms with E-state index in [0.717, 1.165) is 24.4 Å². The third-order valence-corrected chi connectivity index (χ3v) is 4.98. The summed E-state index contributed by atoms with van der Waals surface area (Å²) >= 11 is 1.80. The standard InChI is InChI=1S/C14H21NS/c1-2-4-12(5-3-1)13-8-14(13)15-9-11-6-7-16-10-11/h6-7,10,12-15H,1-5,8-9H2. The van der Waals surface area contributed by atoms with Gasteiger partial charge >= 0.3 is 0 Å². The van der Waals surface area contributed by atoms with Gasteiger partial charge in [-0.25, -0.2) is 0 Å². The first-order valence-corrected chi connectivity index (χ1v) is 7.62. The van der Waals surface area contributed by atoms with E-state index in [9.17, 15) is 0 Å². The van der Waals surface area contributed by atoms with E-state index in [1.807, 2.05) is 0 Å². The van der Waals surface area contributed by atoms with E-state index in [1.54, 1.807) is 11.3 Å². The quantitative estimate of drug-likeness (QED) is 0.837. The van der Waals surface area contributed by atoms with Crippen LogP contribution in [-0.4, -0.2) is 6.04 Å². The number of rotatable bonds is 4. The minimum absolute atomic E-state index is 0.836. The minimum atomic E-state index is 0.836. The lowest BCUT2D eigenvalue weighted by molar-refractivity contribution is 0.312. The van der Waals surface area contributed by atoms with Crippen molar-refractivity contribution < 1.29 is 0 Å². The highest BCUT2D eigenvalue weighted by Gasteiger charge is 2.42. The van der Waals surface area contributed by atoms with Crippen LogP contribution >= 0.6 is 11.3 Å². The molecule has 2 heteroatoms. The Balaban J connectivity index is 1.42. The number of hydrogen-bond donors (Lipinski definition) is 1. The molecule has 0 radical (unpaired) electrons.